The zero-order chi connectivity index (χ0) is 13.7. The van der Waals surface area contributed by atoms with Crippen LogP contribution < -0.4 is 5.56 Å². The van der Waals surface area contributed by atoms with Crippen molar-refractivity contribution in [3.8, 4) is 0 Å². The van der Waals surface area contributed by atoms with Gasteiger partial charge in [-0.3, -0.25) is 9.59 Å². The van der Waals surface area contributed by atoms with Crippen LogP contribution in [0.1, 0.15) is 25.0 Å². The predicted molar refractivity (Wildman–Crippen MR) is 89.2 cm³/mol. The normalized spacial score (nSPS) is 25.1. The number of hydrogen-bond acceptors (Lipinski definition) is 2. The molecule has 3 heterocycles. The molecule has 2 aliphatic heterocycles. The Bertz CT molecular complexity index is 611. The predicted octanol–water partition coefficient (Wildman–Crippen LogP) is 2.02. The lowest BCUT2D eigenvalue weighted by molar-refractivity contribution is -0.131. The van der Waals surface area contributed by atoms with E-state index < -0.39 is 0 Å². The van der Waals surface area contributed by atoms with E-state index in [-0.39, 0.29) is 11.5 Å². The molecule has 0 spiro atoms. The van der Waals surface area contributed by atoms with E-state index in [9.17, 15) is 9.59 Å². The molecule has 0 unspecified atom stereocenters. The highest BCUT2D eigenvalue weighted by molar-refractivity contribution is 14.1. The minimum absolute atomic E-state index is 0.127. The Hall–Kier alpha value is -0.120. The van der Waals surface area contributed by atoms with E-state index in [0.717, 1.165) is 38.9 Å². The standard InChI is InChI=1S/C13H14I2N2O2/c1-7(18)16-4-8-2-9(6-16)12-10(14)3-11(15)13(19)17(12)5-8/h3,8-9H,2,4-6H2,1H3/t8-,9+/m0/s1. The minimum atomic E-state index is 0.127. The number of likely N-dealkylation sites (tertiary alicyclic amines) is 1. The number of carbonyl (C=O) groups excluding carboxylic acids is 1. The van der Waals surface area contributed by atoms with Crippen molar-refractivity contribution in [2.75, 3.05) is 13.1 Å². The molecule has 3 rings (SSSR count). The Morgan fingerprint density at radius 3 is 2.68 bits per heavy atom. The summed E-state index contributed by atoms with van der Waals surface area (Å²) in [5.41, 5.74) is 1.26. The highest BCUT2D eigenvalue weighted by Crippen LogP contribution is 2.37. The number of hydrogen-bond donors (Lipinski definition) is 0. The minimum Gasteiger partial charge on any atom is -0.342 e. The molecule has 19 heavy (non-hydrogen) atoms. The fourth-order valence-corrected chi connectivity index (χ4v) is 5.50. The van der Waals surface area contributed by atoms with E-state index in [1.807, 2.05) is 15.5 Å². The molecular weight excluding hydrogens is 470 g/mol. The topological polar surface area (TPSA) is 42.3 Å². The number of halogens is 2. The summed E-state index contributed by atoms with van der Waals surface area (Å²) in [6.45, 7) is 3.93. The van der Waals surface area contributed by atoms with Crippen molar-refractivity contribution in [1.82, 2.24) is 9.47 Å². The van der Waals surface area contributed by atoms with E-state index in [0.29, 0.717) is 11.8 Å². The number of piperidine rings is 1. The average Bonchev–Trinajstić information content (AvgIpc) is 2.34. The van der Waals surface area contributed by atoms with Gasteiger partial charge >= 0.3 is 0 Å². The van der Waals surface area contributed by atoms with E-state index in [1.165, 1.54) is 0 Å². The van der Waals surface area contributed by atoms with E-state index >= 15 is 0 Å². The zero-order valence-corrected chi connectivity index (χ0v) is 14.8. The maximum Gasteiger partial charge on any atom is 0.264 e. The van der Waals surface area contributed by atoms with Crippen molar-refractivity contribution in [2.45, 2.75) is 25.8 Å². The lowest BCUT2D eigenvalue weighted by Crippen LogP contribution is -2.49. The van der Waals surface area contributed by atoms with Gasteiger partial charge in [0.15, 0.2) is 0 Å². The molecule has 1 amide bonds. The summed E-state index contributed by atoms with van der Waals surface area (Å²) in [5, 5.41) is 0. The van der Waals surface area contributed by atoms with Crippen LogP contribution in [0.3, 0.4) is 0 Å². The van der Waals surface area contributed by atoms with Gasteiger partial charge in [-0.15, -0.1) is 0 Å². The highest BCUT2D eigenvalue weighted by Gasteiger charge is 2.36. The third kappa shape index (κ3) is 2.34. The SMILES string of the molecule is CC(=O)N1C[C@@H]2C[C@H](C1)c1c(I)cc(I)c(=O)n1C2. The summed E-state index contributed by atoms with van der Waals surface area (Å²) in [7, 11) is 0. The molecule has 0 saturated carbocycles. The third-order valence-corrected chi connectivity index (χ3v) is 5.69. The Labute approximate surface area is 138 Å². The fraction of sp³-hybridized carbons (Fsp3) is 0.538. The summed E-state index contributed by atoms with van der Waals surface area (Å²) in [4.78, 5) is 25.8. The molecule has 2 aliphatic rings. The molecule has 1 fully saturated rings. The van der Waals surface area contributed by atoms with Gasteiger partial charge in [0.05, 0.1) is 3.57 Å². The lowest BCUT2D eigenvalue weighted by Gasteiger charge is -2.43. The van der Waals surface area contributed by atoms with Crippen LogP contribution in [-0.4, -0.2) is 28.5 Å². The third-order valence-electron chi connectivity index (χ3n) is 4.05. The molecule has 6 heteroatoms. The van der Waals surface area contributed by atoms with Crippen LogP contribution in [0.2, 0.25) is 0 Å². The molecule has 0 N–H and O–H groups in total. The van der Waals surface area contributed by atoms with Crippen LogP contribution in [-0.2, 0) is 11.3 Å². The largest absolute Gasteiger partial charge is 0.342 e. The quantitative estimate of drug-likeness (QED) is 0.530. The van der Waals surface area contributed by atoms with Gasteiger partial charge in [-0.2, -0.15) is 0 Å². The van der Waals surface area contributed by atoms with Gasteiger partial charge in [0.2, 0.25) is 5.91 Å². The second-order valence-electron chi connectivity index (χ2n) is 5.36. The highest BCUT2D eigenvalue weighted by atomic mass is 127. The summed E-state index contributed by atoms with van der Waals surface area (Å²) in [6.07, 6.45) is 1.10. The molecule has 1 aromatic rings. The number of carbonyl (C=O) groups is 1. The molecule has 4 nitrogen and oxygen atoms in total. The Kier molecular flexibility index (Phi) is 3.65. The number of amides is 1. The van der Waals surface area contributed by atoms with Gasteiger partial charge in [-0.25, -0.2) is 0 Å². The molecule has 2 bridgehead atoms. The van der Waals surface area contributed by atoms with Gasteiger partial charge in [0.1, 0.15) is 0 Å². The van der Waals surface area contributed by atoms with Gasteiger partial charge in [-0.05, 0) is 63.6 Å². The molecule has 0 radical (unpaired) electrons. The zero-order valence-electron chi connectivity index (χ0n) is 10.5. The van der Waals surface area contributed by atoms with E-state index in [2.05, 4.69) is 45.2 Å². The Morgan fingerprint density at radius 2 is 2.00 bits per heavy atom. The fourth-order valence-electron chi connectivity index (χ4n) is 3.26. The number of aromatic nitrogens is 1. The van der Waals surface area contributed by atoms with E-state index in [4.69, 9.17) is 0 Å². The van der Waals surface area contributed by atoms with Crippen LogP contribution in [0.15, 0.2) is 10.9 Å². The molecule has 0 aromatic carbocycles. The van der Waals surface area contributed by atoms with Crippen LogP contribution in [0, 0.1) is 13.1 Å². The average molecular weight is 484 g/mol. The Morgan fingerprint density at radius 1 is 1.26 bits per heavy atom. The maximum atomic E-state index is 12.3. The first-order valence-corrected chi connectivity index (χ1v) is 8.47. The van der Waals surface area contributed by atoms with Gasteiger partial charge in [-0.1, -0.05) is 0 Å². The molecule has 102 valence electrons. The number of nitrogens with zero attached hydrogens (tertiary/aromatic N) is 2. The second-order valence-corrected chi connectivity index (χ2v) is 7.69. The lowest BCUT2D eigenvalue weighted by atomic mass is 9.83. The maximum absolute atomic E-state index is 12.3. The summed E-state index contributed by atoms with van der Waals surface area (Å²) < 4.78 is 3.88. The second kappa shape index (κ2) is 5.01. The van der Waals surface area contributed by atoms with Crippen molar-refractivity contribution in [1.29, 1.82) is 0 Å². The van der Waals surface area contributed by atoms with Crippen LogP contribution >= 0.6 is 45.2 Å². The molecule has 1 aromatic heterocycles. The summed E-state index contributed by atoms with van der Waals surface area (Å²) >= 11 is 4.42. The van der Waals surface area contributed by atoms with Crippen LogP contribution in [0.5, 0.6) is 0 Å². The first-order chi connectivity index (χ1) is 8.97. The van der Waals surface area contributed by atoms with Crippen LogP contribution in [0.25, 0.3) is 0 Å². The Balaban J connectivity index is 2.10. The van der Waals surface area contributed by atoms with Crippen LogP contribution in [0.4, 0.5) is 0 Å². The number of pyridine rings is 1. The van der Waals surface area contributed by atoms with Crippen molar-refractivity contribution in [3.63, 3.8) is 0 Å². The van der Waals surface area contributed by atoms with Gasteiger partial charge in [0.25, 0.3) is 5.56 Å². The molecule has 0 aliphatic carbocycles. The number of rotatable bonds is 0. The summed E-state index contributed by atoms with van der Waals surface area (Å²) in [6, 6.07) is 1.96. The van der Waals surface area contributed by atoms with Crippen molar-refractivity contribution in [2.24, 2.45) is 5.92 Å². The molecular formula is C13H14I2N2O2. The van der Waals surface area contributed by atoms with Crippen molar-refractivity contribution in [3.05, 3.63) is 29.3 Å². The monoisotopic (exact) mass is 484 g/mol. The first-order valence-electron chi connectivity index (χ1n) is 6.31. The first kappa shape index (κ1) is 13.8. The summed E-state index contributed by atoms with van der Waals surface area (Å²) in [5.74, 6) is 0.876. The van der Waals surface area contributed by atoms with Crippen molar-refractivity contribution < 1.29 is 4.79 Å². The van der Waals surface area contributed by atoms with Gasteiger partial charge < -0.3 is 9.47 Å². The number of fused-ring (bicyclic) bond motifs is 4. The molecule has 1 saturated heterocycles. The van der Waals surface area contributed by atoms with Crippen molar-refractivity contribution >= 4 is 51.1 Å². The molecule has 2 atom stereocenters. The van der Waals surface area contributed by atoms with Gasteiger partial charge in [0, 0.05) is 41.7 Å². The smallest absolute Gasteiger partial charge is 0.264 e. The van der Waals surface area contributed by atoms with E-state index in [1.54, 1.807) is 6.92 Å².